The van der Waals surface area contributed by atoms with Gasteiger partial charge in [0.2, 0.25) is 0 Å². The van der Waals surface area contributed by atoms with Gasteiger partial charge in [0.25, 0.3) is 0 Å². The molecule has 3 aromatic carbocycles. The minimum atomic E-state index is 0.857. The number of rotatable bonds is 6. The van der Waals surface area contributed by atoms with Gasteiger partial charge < -0.3 is 0 Å². The minimum absolute atomic E-state index is 0.857. The normalized spacial score (nSPS) is 10.4. The van der Waals surface area contributed by atoms with Gasteiger partial charge in [0.15, 0.2) is 0 Å². The summed E-state index contributed by atoms with van der Waals surface area (Å²) >= 11 is 0. The Bertz CT molecular complexity index is 890. The average Bonchev–Trinajstić information content (AvgIpc) is 2.71. The zero-order chi connectivity index (χ0) is 19.1. The van der Waals surface area contributed by atoms with Gasteiger partial charge in [-0.25, -0.2) is 0 Å². The van der Waals surface area contributed by atoms with Gasteiger partial charge in [0.05, 0.1) is 0 Å². The predicted octanol–water partition coefficient (Wildman–Crippen LogP) is 5.16. The largest absolute Gasteiger partial charge is 0.291 e. The number of hydrogen-bond donors (Lipinski definition) is 0. The molecule has 0 saturated heterocycles. The Hall–Kier alpha value is -3.26. The summed E-state index contributed by atoms with van der Waals surface area (Å²) < 4.78 is 0. The third kappa shape index (κ3) is 5.35. The molecule has 0 saturated carbocycles. The first-order valence-electron chi connectivity index (χ1n) is 9.05. The Morgan fingerprint density at radius 2 is 0.926 bits per heavy atom. The maximum absolute atomic E-state index is 5.47. The third-order valence-electron chi connectivity index (χ3n) is 4.58. The van der Waals surface area contributed by atoms with Gasteiger partial charge in [0, 0.05) is 30.8 Å². The van der Waals surface area contributed by atoms with Gasteiger partial charge in [-0.2, -0.15) is 0 Å². The van der Waals surface area contributed by atoms with Crippen LogP contribution in [0.25, 0.3) is 0 Å². The Morgan fingerprint density at radius 1 is 0.593 bits per heavy atom. The summed E-state index contributed by atoms with van der Waals surface area (Å²) in [5.74, 6) is 5.35. The van der Waals surface area contributed by atoms with Crippen molar-refractivity contribution >= 4 is 0 Å². The van der Waals surface area contributed by atoms with Crippen LogP contribution in [0.1, 0.15) is 33.4 Å². The van der Waals surface area contributed by atoms with Crippen molar-refractivity contribution in [1.82, 2.24) is 4.90 Å². The van der Waals surface area contributed by atoms with Crippen LogP contribution in [0.15, 0.2) is 72.8 Å². The molecular weight excluding hydrogens is 326 g/mol. The molecule has 0 unspecified atom stereocenters. The molecule has 0 heterocycles. The van der Waals surface area contributed by atoms with Crippen molar-refractivity contribution in [3.63, 3.8) is 0 Å². The van der Waals surface area contributed by atoms with E-state index in [9.17, 15) is 0 Å². The van der Waals surface area contributed by atoms with Crippen LogP contribution in [0.4, 0.5) is 0 Å². The summed E-state index contributed by atoms with van der Waals surface area (Å²) in [5, 5.41) is 0. The number of nitrogens with zero attached hydrogens (tertiary/aromatic N) is 1. The first-order chi connectivity index (χ1) is 13.2. The van der Waals surface area contributed by atoms with Crippen LogP contribution >= 0.6 is 0 Å². The zero-order valence-corrected chi connectivity index (χ0v) is 15.7. The van der Waals surface area contributed by atoms with Crippen molar-refractivity contribution in [2.24, 2.45) is 0 Å². The Kier molecular flexibility index (Phi) is 6.11. The SMILES string of the molecule is C#Cc1ccc(CN(Cc2ccc(C)cc2)Cc2ccc(C#C)cc2)cc1. The summed E-state index contributed by atoms with van der Waals surface area (Å²) in [5.41, 5.74) is 6.91. The molecule has 0 aliphatic carbocycles. The topological polar surface area (TPSA) is 3.24 Å². The summed E-state index contributed by atoms with van der Waals surface area (Å²) in [6, 6.07) is 25.2. The van der Waals surface area contributed by atoms with E-state index >= 15 is 0 Å². The van der Waals surface area contributed by atoms with E-state index in [1.165, 1.54) is 22.3 Å². The van der Waals surface area contributed by atoms with Gasteiger partial charge in [-0.15, -0.1) is 12.8 Å². The fourth-order valence-corrected chi connectivity index (χ4v) is 3.05. The molecule has 0 amide bonds. The maximum Gasteiger partial charge on any atom is 0.0242 e. The Morgan fingerprint density at radius 3 is 1.26 bits per heavy atom. The second-order valence-corrected chi connectivity index (χ2v) is 6.81. The molecule has 1 heteroatoms. The summed E-state index contributed by atoms with van der Waals surface area (Å²) in [7, 11) is 0. The van der Waals surface area contributed by atoms with E-state index in [1.807, 2.05) is 24.3 Å². The highest BCUT2D eigenvalue weighted by Gasteiger charge is 2.09. The van der Waals surface area contributed by atoms with E-state index in [0.29, 0.717) is 0 Å². The molecule has 132 valence electrons. The van der Waals surface area contributed by atoms with E-state index < -0.39 is 0 Å². The quantitative estimate of drug-likeness (QED) is 0.556. The van der Waals surface area contributed by atoms with Crippen LogP contribution in [0.2, 0.25) is 0 Å². The van der Waals surface area contributed by atoms with E-state index in [4.69, 9.17) is 12.8 Å². The summed E-state index contributed by atoms with van der Waals surface area (Å²) in [4.78, 5) is 2.43. The number of terminal acetylenes is 2. The smallest absolute Gasteiger partial charge is 0.0242 e. The number of aryl methyl sites for hydroxylation is 1. The highest BCUT2D eigenvalue weighted by molar-refractivity contribution is 5.35. The average molecular weight is 349 g/mol. The monoisotopic (exact) mass is 349 g/mol. The van der Waals surface area contributed by atoms with E-state index in [1.54, 1.807) is 0 Å². The van der Waals surface area contributed by atoms with Crippen LogP contribution in [0.5, 0.6) is 0 Å². The van der Waals surface area contributed by atoms with Gasteiger partial charge in [-0.05, 0) is 47.9 Å². The van der Waals surface area contributed by atoms with Crippen molar-refractivity contribution in [2.45, 2.75) is 26.6 Å². The fraction of sp³-hybridized carbons (Fsp3) is 0.154. The molecule has 0 spiro atoms. The minimum Gasteiger partial charge on any atom is -0.291 e. The first kappa shape index (κ1) is 18.5. The lowest BCUT2D eigenvalue weighted by atomic mass is 10.1. The second kappa shape index (κ2) is 8.91. The lowest BCUT2D eigenvalue weighted by Gasteiger charge is -2.23. The Labute approximate surface area is 162 Å². The van der Waals surface area contributed by atoms with Crippen molar-refractivity contribution < 1.29 is 0 Å². The van der Waals surface area contributed by atoms with Crippen LogP contribution in [0, 0.1) is 31.6 Å². The molecule has 0 aliphatic heterocycles. The molecule has 0 aromatic heterocycles. The van der Waals surface area contributed by atoms with Crippen molar-refractivity contribution in [2.75, 3.05) is 0 Å². The molecule has 0 fully saturated rings. The Balaban J connectivity index is 1.79. The highest BCUT2D eigenvalue weighted by atomic mass is 15.1. The van der Waals surface area contributed by atoms with Crippen LogP contribution in [-0.4, -0.2) is 4.90 Å². The third-order valence-corrected chi connectivity index (χ3v) is 4.58. The van der Waals surface area contributed by atoms with Crippen molar-refractivity contribution in [3.05, 3.63) is 106 Å². The van der Waals surface area contributed by atoms with Crippen molar-refractivity contribution in [3.8, 4) is 24.7 Å². The zero-order valence-electron chi connectivity index (χ0n) is 15.7. The molecule has 0 atom stereocenters. The molecule has 0 aliphatic rings. The number of hydrogen-bond acceptors (Lipinski definition) is 1. The first-order valence-corrected chi connectivity index (χ1v) is 9.05. The van der Waals surface area contributed by atoms with Crippen molar-refractivity contribution in [1.29, 1.82) is 0 Å². The van der Waals surface area contributed by atoms with Crippen LogP contribution in [-0.2, 0) is 19.6 Å². The van der Waals surface area contributed by atoms with Crippen LogP contribution in [0.3, 0.4) is 0 Å². The highest BCUT2D eigenvalue weighted by Crippen LogP contribution is 2.16. The second-order valence-electron chi connectivity index (χ2n) is 6.81. The maximum atomic E-state index is 5.47. The van der Waals surface area contributed by atoms with E-state index in [0.717, 1.165) is 30.8 Å². The molecule has 3 rings (SSSR count). The lowest BCUT2D eigenvalue weighted by molar-refractivity contribution is 0.247. The van der Waals surface area contributed by atoms with Gasteiger partial charge in [0.1, 0.15) is 0 Å². The molecule has 0 bridgehead atoms. The fourth-order valence-electron chi connectivity index (χ4n) is 3.05. The summed E-state index contributed by atoms with van der Waals surface area (Å²) in [6.07, 6.45) is 10.9. The molecule has 3 aromatic rings. The molecular formula is C26H23N. The molecule has 0 N–H and O–H groups in total. The predicted molar refractivity (Wildman–Crippen MR) is 113 cm³/mol. The van der Waals surface area contributed by atoms with Gasteiger partial charge >= 0.3 is 0 Å². The van der Waals surface area contributed by atoms with E-state index in [2.05, 4.69) is 72.2 Å². The van der Waals surface area contributed by atoms with E-state index in [-0.39, 0.29) is 0 Å². The number of benzene rings is 3. The molecule has 27 heavy (non-hydrogen) atoms. The lowest BCUT2D eigenvalue weighted by Crippen LogP contribution is -2.22. The standard InChI is InChI=1S/C26H23N/c1-4-22-10-14-25(15-11-22)19-27(18-24-8-6-21(3)7-9-24)20-26-16-12-23(5-2)13-17-26/h1-2,6-17H,18-20H2,3H3. The van der Waals surface area contributed by atoms with Gasteiger partial charge in [-0.1, -0.05) is 65.9 Å². The molecule has 0 radical (unpaired) electrons. The summed E-state index contributed by atoms with van der Waals surface area (Å²) in [6.45, 7) is 4.71. The molecule has 1 nitrogen and oxygen atoms in total. The van der Waals surface area contributed by atoms with Gasteiger partial charge in [-0.3, -0.25) is 4.90 Å². The van der Waals surface area contributed by atoms with Crippen LogP contribution < -0.4 is 0 Å².